The van der Waals surface area contributed by atoms with Gasteiger partial charge in [0.2, 0.25) is 0 Å². The lowest BCUT2D eigenvalue weighted by Gasteiger charge is -2.56. The molecule has 4 saturated carbocycles. The number of carbonyl (C=O) groups is 2. The first-order chi connectivity index (χ1) is 14.0. The monoisotopic (exact) mass is 399 g/mol. The summed E-state index contributed by atoms with van der Waals surface area (Å²) < 4.78 is 15.6. The van der Waals surface area contributed by atoms with Gasteiger partial charge in [-0.25, -0.2) is 4.79 Å². The molecule has 4 bridgehead atoms. The lowest BCUT2D eigenvalue weighted by molar-refractivity contribution is -0.145. The molecule has 156 valence electrons. The molecule has 0 radical (unpaired) electrons. The number of nitrogens with one attached hydrogen (secondary N) is 1. The standard InChI is InChI=1S/C23H29NO5/c1-27-19-5-3-18(20(10-19)28-2)4-6-22(26)29-14-21(25)24-23-11-15-7-16(12-23)9-17(8-15)13-23/h3-6,10,15-17H,7-9,11-14H2,1-2H3,(H,24,25)/b6-4+. The summed E-state index contributed by atoms with van der Waals surface area (Å²) in [6.07, 6.45) is 10.1. The van der Waals surface area contributed by atoms with Crippen LogP contribution in [0.1, 0.15) is 44.1 Å². The molecule has 0 spiro atoms. The quantitative estimate of drug-likeness (QED) is 0.562. The van der Waals surface area contributed by atoms with Crippen molar-refractivity contribution in [3.05, 3.63) is 29.8 Å². The third-order valence-electron chi connectivity index (χ3n) is 6.63. The Morgan fingerprint density at radius 1 is 1.07 bits per heavy atom. The summed E-state index contributed by atoms with van der Waals surface area (Å²) in [6, 6.07) is 5.32. The maximum Gasteiger partial charge on any atom is 0.331 e. The summed E-state index contributed by atoms with van der Waals surface area (Å²) in [5.74, 6) is 2.78. The van der Waals surface area contributed by atoms with Crippen molar-refractivity contribution in [3.63, 3.8) is 0 Å². The van der Waals surface area contributed by atoms with Crippen LogP contribution in [0.15, 0.2) is 24.3 Å². The molecule has 0 saturated heterocycles. The average molecular weight is 399 g/mol. The predicted molar refractivity (Wildman–Crippen MR) is 109 cm³/mol. The Bertz CT molecular complexity index is 780. The van der Waals surface area contributed by atoms with Crippen LogP contribution >= 0.6 is 0 Å². The molecule has 1 aromatic rings. The van der Waals surface area contributed by atoms with Gasteiger partial charge >= 0.3 is 5.97 Å². The van der Waals surface area contributed by atoms with Crippen molar-refractivity contribution in [3.8, 4) is 11.5 Å². The van der Waals surface area contributed by atoms with Crippen LogP contribution in [-0.4, -0.2) is 38.2 Å². The smallest absolute Gasteiger partial charge is 0.331 e. The molecule has 1 amide bonds. The molecular formula is C23H29NO5. The molecule has 1 N–H and O–H groups in total. The second kappa shape index (κ2) is 8.09. The van der Waals surface area contributed by atoms with E-state index in [0.29, 0.717) is 11.5 Å². The maximum absolute atomic E-state index is 12.4. The number of amides is 1. The highest BCUT2D eigenvalue weighted by atomic mass is 16.5. The van der Waals surface area contributed by atoms with Gasteiger partial charge in [-0.15, -0.1) is 0 Å². The molecule has 0 heterocycles. The highest BCUT2D eigenvalue weighted by molar-refractivity contribution is 5.89. The molecular weight excluding hydrogens is 370 g/mol. The normalized spacial score (nSPS) is 29.7. The van der Waals surface area contributed by atoms with E-state index in [4.69, 9.17) is 14.2 Å². The first-order valence-corrected chi connectivity index (χ1v) is 10.4. The Kier molecular flexibility index (Phi) is 5.52. The molecule has 5 rings (SSSR count). The number of esters is 1. The van der Waals surface area contributed by atoms with Crippen molar-refractivity contribution in [2.24, 2.45) is 17.8 Å². The second-order valence-electron chi connectivity index (χ2n) is 8.79. The van der Waals surface area contributed by atoms with Crippen LogP contribution in [-0.2, 0) is 14.3 Å². The minimum Gasteiger partial charge on any atom is -0.497 e. The number of benzene rings is 1. The van der Waals surface area contributed by atoms with Crippen molar-refractivity contribution in [1.82, 2.24) is 5.32 Å². The van der Waals surface area contributed by atoms with Gasteiger partial charge in [0.25, 0.3) is 5.91 Å². The zero-order valence-electron chi connectivity index (χ0n) is 17.1. The van der Waals surface area contributed by atoms with Crippen LogP contribution in [0.3, 0.4) is 0 Å². The minimum atomic E-state index is -0.552. The Morgan fingerprint density at radius 3 is 2.31 bits per heavy atom. The van der Waals surface area contributed by atoms with Gasteiger partial charge in [0.1, 0.15) is 11.5 Å². The van der Waals surface area contributed by atoms with Crippen LogP contribution in [0.25, 0.3) is 6.08 Å². The number of carbonyl (C=O) groups excluding carboxylic acids is 2. The lowest BCUT2D eigenvalue weighted by atomic mass is 9.53. The number of rotatable bonds is 7. The molecule has 4 aliphatic rings. The van der Waals surface area contributed by atoms with Crippen molar-refractivity contribution >= 4 is 18.0 Å². The van der Waals surface area contributed by atoms with Gasteiger partial charge in [0.15, 0.2) is 6.61 Å². The fraction of sp³-hybridized carbons (Fsp3) is 0.565. The number of hydrogen-bond acceptors (Lipinski definition) is 5. The van der Waals surface area contributed by atoms with Crippen molar-refractivity contribution in [2.75, 3.05) is 20.8 Å². The molecule has 0 aliphatic heterocycles. The van der Waals surface area contributed by atoms with Crippen molar-refractivity contribution in [1.29, 1.82) is 0 Å². The molecule has 4 fully saturated rings. The summed E-state index contributed by atoms with van der Waals surface area (Å²) in [5, 5.41) is 3.21. The topological polar surface area (TPSA) is 73.9 Å². The lowest BCUT2D eigenvalue weighted by Crippen LogP contribution is -2.60. The maximum atomic E-state index is 12.4. The zero-order valence-corrected chi connectivity index (χ0v) is 17.1. The van der Waals surface area contributed by atoms with E-state index in [9.17, 15) is 9.59 Å². The van der Waals surface area contributed by atoms with Crippen LogP contribution in [0, 0.1) is 17.8 Å². The SMILES string of the molecule is COc1ccc(/C=C/C(=O)OCC(=O)NC23CC4CC(CC(C4)C2)C3)c(OC)c1. The molecule has 0 aromatic heterocycles. The van der Waals surface area contributed by atoms with Crippen molar-refractivity contribution < 1.29 is 23.8 Å². The van der Waals surface area contributed by atoms with Crippen LogP contribution in [0.4, 0.5) is 0 Å². The fourth-order valence-corrected chi connectivity index (χ4v) is 5.89. The second-order valence-corrected chi connectivity index (χ2v) is 8.79. The first-order valence-electron chi connectivity index (χ1n) is 10.4. The summed E-state index contributed by atoms with van der Waals surface area (Å²) in [5.41, 5.74) is 0.660. The van der Waals surface area contributed by atoms with Gasteiger partial charge in [-0.1, -0.05) is 0 Å². The Balaban J connectivity index is 1.29. The summed E-state index contributed by atoms with van der Waals surface area (Å²) >= 11 is 0. The third-order valence-corrected chi connectivity index (χ3v) is 6.63. The minimum absolute atomic E-state index is 0.0649. The highest BCUT2D eigenvalue weighted by Gasteiger charge is 2.51. The van der Waals surface area contributed by atoms with E-state index in [1.807, 2.05) is 0 Å². The van der Waals surface area contributed by atoms with Gasteiger partial charge in [0, 0.05) is 23.2 Å². The zero-order chi connectivity index (χ0) is 20.4. The highest BCUT2D eigenvalue weighted by Crippen LogP contribution is 2.55. The van der Waals surface area contributed by atoms with E-state index in [-0.39, 0.29) is 18.1 Å². The Labute approximate surface area is 171 Å². The largest absolute Gasteiger partial charge is 0.497 e. The van der Waals surface area contributed by atoms with E-state index in [1.54, 1.807) is 38.5 Å². The van der Waals surface area contributed by atoms with E-state index in [0.717, 1.165) is 42.6 Å². The van der Waals surface area contributed by atoms with Gasteiger partial charge in [-0.05, 0) is 74.5 Å². The summed E-state index contributed by atoms with van der Waals surface area (Å²) in [7, 11) is 3.13. The number of ether oxygens (including phenoxy) is 3. The van der Waals surface area contributed by atoms with Crippen LogP contribution in [0.5, 0.6) is 11.5 Å². The molecule has 4 aliphatic carbocycles. The first kappa shape index (κ1) is 19.8. The molecule has 0 unspecified atom stereocenters. The van der Waals surface area contributed by atoms with Gasteiger partial charge in [-0.2, -0.15) is 0 Å². The van der Waals surface area contributed by atoms with E-state index < -0.39 is 5.97 Å². The fourth-order valence-electron chi connectivity index (χ4n) is 5.89. The van der Waals surface area contributed by atoms with Gasteiger partial charge in [-0.3, -0.25) is 4.79 Å². The van der Waals surface area contributed by atoms with Crippen LogP contribution < -0.4 is 14.8 Å². The van der Waals surface area contributed by atoms with Crippen LogP contribution in [0.2, 0.25) is 0 Å². The molecule has 6 nitrogen and oxygen atoms in total. The molecule has 1 aromatic carbocycles. The third kappa shape index (κ3) is 4.41. The Hall–Kier alpha value is -2.50. The summed E-state index contributed by atoms with van der Waals surface area (Å²) in [4.78, 5) is 24.5. The summed E-state index contributed by atoms with van der Waals surface area (Å²) in [6.45, 7) is -0.245. The molecule has 29 heavy (non-hydrogen) atoms. The molecule has 6 heteroatoms. The van der Waals surface area contributed by atoms with Crippen molar-refractivity contribution in [2.45, 2.75) is 44.1 Å². The van der Waals surface area contributed by atoms with E-state index >= 15 is 0 Å². The van der Waals surface area contributed by atoms with E-state index in [2.05, 4.69) is 5.32 Å². The average Bonchev–Trinajstić information content (AvgIpc) is 2.69. The van der Waals surface area contributed by atoms with Gasteiger partial charge in [0.05, 0.1) is 14.2 Å². The number of hydrogen-bond donors (Lipinski definition) is 1. The molecule has 0 atom stereocenters. The Morgan fingerprint density at radius 2 is 1.72 bits per heavy atom. The van der Waals surface area contributed by atoms with E-state index in [1.165, 1.54) is 25.3 Å². The predicted octanol–water partition coefficient (Wildman–Crippen LogP) is 3.35. The van der Waals surface area contributed by atoms with Gasteiger partial charge < -0.3 is 19.5 Å². The number of methoxy groups -OCH3 is 2.